The van der Waals surface area contributed by atoms with Gasteiger partial charge in [0.15, 0.2) is 0 Å². The lowest BCUT2D eigenvalue weighted by atomic mass is 9.89. The third-order valence-corrected chi connectivity index (χ3v) is 11.6. The van der Waals surface area contributed by atoms with Crippen molar-refractivity contribution in [2.24, 2.45) is 0 Å². The summed E-state index contributed by atoms with van der Waals surface area (Å²) in [7, 11) is 0. The normalized spacial score (nSPS) is 12.2. The van der Waals surface area contributed by atoms with Gasteiger partial charge in [-0.25, -0.2) is 0 Å². The molecular formula is C52H30. The van der Waals surface area contributed by atoms with E-state index in [-0.39, 0.29) is 0 Å². The Labute approximate surface area is 300 Å². The van der Waals surface area contributed by atoms with Gasteiger partial charge >= 0.3 is 0 Å². The fourth-order valence-corrected chi connectivity index (χ4v) is 9.10. The largest absolute Gasteiger partial charge is 0.0610 e. The molecule has 0 saturated heterocycles. The molecule has 12 aromatic rings. The highest BCUT2D eigenvalue weighted by Gasteiger charge is 2.14. The standard InChI is InChI=1S/C52H30/c1-5-35-6-2-10-44-47(43(9-1)51(35)44)25-31-13-17-33(18-14-31)41-27-37-21-23-39-29-42(30-40-24-22-38(28-41)49(37)50(39)40)34-19-15-32(16-20-34)26-48-45-11-3-7-36-8-4-12-46(48)52(36)45/h1-30H. The average Bonchev–Trinajstić information content (AvgIpc) is 3.20. The third-order valence-electron chi connectivity index (χ3n) is 11.6. The molecule has 0 spiro atoms. The smallest absolute Gasteiger partial charge is 0.00264 e. The average molecular weight is 655 g/mol. The van der Waals surface area contributed by atoms with Gasteiger partial charge in [0.1, 0.15) is 0 Å². The van der Waals surface area contributed by atoms with E-state index >= 15 is 0 Å². The van der Waals surface area contributed by atoms with Gasteiger partial charge in [0.2, 0.25) is 0 Å². The number of rotatable bonds is 4. The topological polar surface area (TPSA) is 0 Å². The Morgan fingerprint density at radius 3 is 0.904 bits per heavy atom. The maximum Gasteiger partial charge on any atom is -0.00264 e. The van der Waals surface area contributed by atoms with Crippen molar-refractivity contribution < 1.29 is 0 Å². The molecule has 0 saturated carbocycles. The summed E-state index contributed by atoms with van der Waals surface area (Å²) in [5.41, 5.74) is 7.44. The summed E-state index contributed by atoms with van der Waals surface area (Å²) in [5.74, 6) is 0. The van der Waals surface area contributed by atoms with Crippen molar-refractivity contribution in [1.82, 2.24) is 0 Å². The van der Waals surface area contributed by atoms with Crippen molar-refractivity contribution in [2.75, 3.05) is 0 Å². The summed E-state index contributed by atoms with van der Waals surface area (Å²) in [6, 6.07) is 63.2. The molecule has 0 aliphatic carbocycles. The molecule has 0 aliphatic rings. The fourth-order valence-electron chi connectivity index (χ4n) is 9.10. The number of hydrogen-bond donors (Lipinski definition) is 0. The van der Waals surface area contributed by atoms with Crippen LogP contribution in [0.3, 0.4) is 0 Å². The van der Waals surface area contributed by atoms with Crippen LogP contribution in [0.5, 0.6) is 0 Å². The molecule has 0 unspecified atom stereocenters. The molecule has 0 nitrogen and oxygen atoms in total. The van der Waals surface area contributed by atoms with Gasteiger partial charge in [0, 0.05) is 0 Å². The molecule has 0 N–H and O–H groups in total. The van der Waals surface area contributed by atoms with E-state index in [1.165, 1.54) is 119 Å². The lowest BCUT2D eigenvalue weighted by Gasteiger charge is -2.15. The zero-order valence-corrected chi connectivity index (χ0v) is 28.3. The van der Waals surface area contributed by atoms with Crippen LogP contribution in [0.4, 0.5) is 0 Å². The quantitative estimate of drug-likeness (QED) is 0.166. The molecule has 52 heavy (non-hydrogen) atoms. The first-order valence-corrected chi connectivity index (χ1v) is 18.2. The van der Waals surface area contributed by atoms with Crippen LogP contribution in [-0.2, 0) is 0 Å². The van der Waals surface area contributed by atoms with E-state index < -0.39 is 0 Å². The third kappa shape index (κ3) is 3.98. The minimum absolute atomic E-state index is 1.23. The first-order chi connectivity index (χ1) is 25.7. The molecule has 0 atom stereocenters. The van der Waals surface area contributed by atoms with Crippen molar-refractivity contribution in [3.8, 4) is 22.3 Å². The molecular weight excluding hydrogens is 625 g/mol. The highest BCUT2D eigenvalue weighted by Crippen LogP contribution is 2.40. The fraction of sp³-hybridized carbons (Fsp3) is 0. The lowest BCUT2D eigenvalue weighted by Crippen LogP contribution is -2.10. The molecule has 0 aromatic heterocycles. The second-order valence-corrected chi connectivity index (χ2v) is 14.5. The van der Waals surface area contributed by atoms with Crippen molar-refractivity contribution in [3.63, 3.8) is 0 Å². The van der Waals surface area contributed by atoms with E-state index in [2.05, 4.69) is 182 Å². The van der Waals surface area contributed by atoms with E-state index in [0.29, 0.717) is 0 Å². The van der Waals surface area contributed by atoms with Crippen molar-refractivity contribution >= 4 is 87.6 Å². The van der Waals surface area contributed by atoms with E-state index in [4.69, 9.17) is 0 Å². The maximum absolute atomic E-state index is 2.36. The van der Waals surface area contributed by atoms with Crippen LogP contribution in [0.1, 0.15) is 11.1 Å². The zero-order valence-electron chi connectivity index (χ0n) is 28.3. The Morgan fingerprint density at radius 1 is 0.250 bits per heavy atom. The highest BCUT2D eigenvalue weighted by molar-refractivity contribution is 6.24. The second-order valence-electron chi connectivity index (χ2n) is 14.5. The SMILES string of the molecule is C(c1ccc(-c2cc3ccc4cc(-c5ccc(C=c6c7cccc8cccc6c87)cc5)cc5ccc(c2)c3c45)cc1)=c1c2cccc3cccc1c32. The summed E-state index contributed by atoms with van der Waals surface area (Å²) < 4.78 is 0. The van der Waals surface area contributed by atoms with E-state index in [1.54, 1.807) is 0 Å². The van der Waals surface area contributed by atoms with Crippen molar-refractivity contribution in [3.05, 3.63) is 191 Å². The molecule has 0 radical (unpaired) electrons. The summed E-state index contributed by atoms with van der Waals surface area (Å²) in [5, 5.41) is 21.4. The van der Waals surface area contributed by atoms with Gasteiger partial charge in [-0.2, -0.15) is 0 Å². The van der Waals surface area contributed by atoms with Gasteiger partial charge in [0.25, 0.3) is 0 Å². The van der Waals surface area contributed by atoms with Crippen LogP contribution in [0.25, 0.3) is 110 Å². The van der Waals surface area contributed by atoms with Crippen LogP contribution >= 0.6 is 0 Å². The van der Waals surface area contributed by atoms with Crippen LogP contribution in [-0.4, -0.2) is 0 Å². The molecule has 238 valence electrons. The Balaban J connectivity index is 0.880. The Hall–Kier alpha value is -6.76. The van der Waals surface area contributed by atoms with Gasteiger partial charge in [-0.1, -0.05) is 146 Å². The summed E-state index contributed by atoms with van der Waals surface area (Å²) in [4.78, 5) is 0. The minimum Gasteiger partial charge on any atom is -0.0610 e. The molecule has 0 aliphatic heterocycles. The van der Waals surface area contributed by atoms with Crippen LogP contribution in [0.15, 0.2) is 170 Å². The van der Waals surface area contributed by atoms with Gasteiger partial charge in [0.05, 0.1) is 0 Å². The van der Waals surface area contributed by atoms with Crippen molar-refractivity contribution in [2.45, 2.75) is 0 Å². The monoisotopic (exact) mass is 654 g/mol. The maximum atomic E-state index is 2.36. The molecule has 0 bridgehead atoms. The molecule has 0 heteroatoms. The molecule has 12 rings (SSSR count). The predicted octanol–water partition coefficient (Wildman–Crippen LogP) is 12.5. The van der Waals surface area contributed by atoms with E-state index in [0.717, 1.165) is 0 Å². The Morgan fingerprint density at radius 2 is 0.577 bits per heavy atom. The predicted molar refractivity (Wildman–Crippen MR) is 224 cm³/mol. The first-order valence-electron chi connectivity index (χ1n) is 18.2. The molecule has 0 heterocycles. The van der Waals surface area contributed by atoms with Crippen molar-refractivity contribution in [1.29, 1.82) is 0 Å². The molecule has 0 amide bonds. The second kappa shape index (κ2) is 10.4. The van der Waals surface area contributed by atoms with Gasteiger partial charge in [-0.15, -0.1) is 0 Å². The Kier molecular flexibility index (Phi) is 5.59. The van der Waals surface area contributed by atoms with Crippen LogP contribution in [0, 0.1) is 0 Å². The summed E-state index contributed by atoms with van der Waals surface area (Å²) in [6.07, 6.45) is 4.66. The summed E-state index contributed by atoms with van der Waals surface area (Å²) in [6.45, 7) is 0. The molecule has 0 fully saturated rings. The molecule has 12 aromatic carbocycles. The van der Waals surface area contributed by atoms with Gasteiger partial charge < -0.3 is 0 Å². The minimum atomic E-state index is 1.23. The summed E-state index contributed by atoms with van der Waals surface area (Å²) >= 11 is 0. The Bertz CT molecular complexity index is 3030. The first kappa shape index (κ1) is 28.0. The zero-order chi connectivity index (χ0) is 33.9. The number of benzene rings is 10. The number of hydrogen-bond acceptors (Lipinski definition) is 0. The van der Waals surface area contributed by atoms with E-state index in [9.17, 15) is 0 Å². The van der Waals surface area contributed by atoms with E-state index in [1.807, 2.05) is 0 Å². The van der Waals surface area contributed by atoms with Crippen LogP contribution < -0.4 is 10.4 Å². The van der Waals surface area contributed by atoms with Crippen LogP contribution in [0.2, 0.25) is 0 Å². The van der Waals surface area contributed by atoms with Gasteiger partial charge in [-0.05, 0) is 156 Å². The lowest BCUT2D eigenvalue weighted by molar-refractivity contribution is 1.61. The van der Waals surface area contributed by atoms with Gasteiger partial charge in [-0.3, -0.25) is 0 Å². The highest BCUT2D eigenvalue weighted by atomic mass is 14.2.